The number of methoxy groups -OCH3 is 3. The fourth-order valence-electron chi connectivity index (χ4n) is 6.27. The normalized spacial score (nSPS) is 21.2. The molecule has 0 radical (unpaired) electrons. The van der Waals surface area contributed by atoms with E-state index in [0.29, 0.717) is 17.9 Å². The number of nitrogens with zero attached hydrogens (tertiary/aromatic N) is 3. The van der Waals surface area contributed by atoms with Crippen molar-refractivity contribution >= 4 is 28.6 Å². The summed E-state index contributed by atoms with van der Waals surface area (Å²) in [4.78, 5) is 31.7. The SMILES string of the molecule is COC(=O)N1c2ccc3c(nc(Cc4ccc(OC)c(OC)c4)n3C3CCC(C(C)=O)CC3)c2CC[C@@H]1C. The number of aryl methyl sites for hydroxylation is 1. The van der Waals surface area contributed by atoms with Crippen LogP contribution in [0, 0.1) is 5.92 Å². The van der Waals surface area contributed by atoms with Crippen LogP contribution in [0.15, 0.2) is 30.3 Å². The highest BCUT2D eigenvalue weighted by molar-refractivity contribution is 5.95. The van der Waals surface area contributed by atoms with Crippen molar-refractivity contribution < 1.29 is 23.8 Å². The Hall–Kier alpha value is -3.55. The molecular formula is C30H37N3O5. The number of ether oxygens (including phenoxy) is 3. The van der Waals surface area contributed by atoms with Crippen molar-refractivity contribution in [2.24, 2.45) is 5.92 Å². The predicted molar refractivity (Wildman–Crippen MR) is 146 cm³/mol. The fourth-order valence-corrected chi connectivity index (χ4v) is 6.27. The van der Waals surface area contributed by atoms with Crippen LogP contribution in [-0.4, -0.2) is 48.8 Å². The second kappa shape index (κ2) is 10.7. The van der Waals surface area contributed by atoms with Gasteiger partial charge in [0, 0.05) is 30.0 Å². The summed E-state index contributed by atoms with van der Waals surface area (Å²) in [7, 11) is 4.70. The molecule has 1 aromatic heterocycles. The molecular weight excluding hydrogens is 482 g/mol. The van der Waals surface area contributed by atoms with Gasteiger partial charge in [-0.3, -0.25) is 9.69 Å². The van der Waals surface area contributed by atoms with E-state index in [-0.39, 0.29) is 29.9 Å². The molecule has 0 bridgehead atoms. The number of carbonyl (C=O) groups is 2. The van der Waals surface area contributed by atoms with Gasteiger partial charge in [0.25, 0.3) is 0 Å². The maximum absolute atomic E-state index is 12.7. The monoisotopic (exact) mass is 519 g/mol. The van der Waals surface area contributed by atoms with Crippen LogP contribution in [0.4, 0.5) is 10.5 Å². The zero-order valence-corrected chi connectivity index (χ0v) is 23.0. The number of hydrogen-bond donors (Lipinski definition) is 0. The number of aromatic nitrogens is 2. The highest BCUT2D eigenvalue weighted by Gasteiger charge is 2.33. The highest BCUT2D eigenvalue weighted by atomic mass is 16.5. The van der Waals surface area contributed by atoms with Crippen LogP contribution in [0.5, 0.6) is 11.5 Å². The van der Waals surface area contributed by atoms with Crippen molar-refractivity contribution in [1.82, 2.24) is 9.55 Å². The lowest BCUT2D eigenvalue weighted by Crippen LogP contribution is -2.42. The van der Waals surface area contributed by atoms with Crippen molar-refractivity contribution in [3.63, 3.8) is 0 Å². The third-order valence-electron chi connectivity index (χ3n) is 8.35. The number of rotatable bonds is 6. The zero-order chi connectivity index (χ0) is 27.0. The molecule has 38 heavy (non-hydrogen) atoms. The number of imidazole rings is 1. The maximum Gasteiger partial charge on any atom is 0.414 e. The lowest BCUT2D eigenvalue weighted by atomic mass is 9.83. The molecule has 0 unspecified atom stereocenters. The molecule has 1 amide bonds. The molecule has 0 saturated heterocycles. The van der Waals surface area contributed by atoms with Gasteiger partial charge in [-0.2, -0.15) is 0 Å². The minimum Gasteiger partial charge on any atom is -0.493 e. The minimum absolute atomic E-state index is 0.0579. The Balaban J connectivity index is 1.61. The number of fused-ring (bicyclic) bond motifs is 3. The van der Waals surface area contributed by atoms with Gasteiger partial charge in [0.15, 0.2) is 11.5 Å². The van der Waals surface area contributed by atoms with E-state index >= 15 is 0 Å². The molecule has 202 valence electrons. The second-order valence-electron chi connectivity index (χ2n) is 10.5. The number of ketones is 1. The molecule has 2 aromatic carbocycles. The quantitative estimate of drug-likeness (QED) is 0.405. The largest absolute Gasteiger partial charge is 0.493 e. The van der Waals surface area contributed by atoms with Crippen LogP contribution >= 0.6 is 0 Å². The Morgan fingerprint density at radius 2 is 1.71 bits per heavy atom. The summed E-state index contributed by atoms with van der Waals surface area (Å²) < 4.78 is 18.5. The third kappa shape index (κ3) is 4.61. The van der Waals surface area contributed by atoms with E-state index in [2.05, 4.69) is 17.6 Å². The molecule has 5 rings (SSSR count). The minimum atomic E-state index is -0.342. The summed E-state index contributed by atoms with van der Waals surface area (Å²) >= 11 is 0. The van der Waals surface area contributed by atoms with Crippen LogP contribution in [0.3, 0.4) is 0 Å². The molecule has 1 saturated carbocycles. The summed E-state index contributed by atoms with van der Waals surface area (Å²) in [6.45, 7) is 3.76. The van der Waals surface area contributed by atoms with Crippen molar-refractivity contribution in [1.29, 1.82) is 0 Å². The lowest BCUT2D eigenvalue weighted by Gasteiger charge is -2.34. The Labute approximate surface area is 223 Å². The van der Waals surface area contributed by atoms with Crippen molar-refractivity contribution in [2.75, 3.05) is 26.2 Å². The van der Waals surface area contributed by atoms with E-state index in [4.69, 9.17) is 19.2 Å². The van der Waals surface area contributed by atoms with Crippen molar-refractivity contribution in [2.45, 2.75) is 70.9 Å². The van der Waals surface area contributed by atoms with Gasteiger partial charge in [0.2, 0.25) is 0 Å². The van der Waals surface area contributed by atoms with E-state index in [9.17, 15) is 9.59 Å². The summed E-state index contributed by atoms with van der Waals surface area (Å²) in [5, 5.41) is 0. The lowest BCUT2D eigenvalue weighted by molar-refractivity contribution is -0.121. The van der Waals surface area contributed by atoms with Gasteiger partial charge in [-0.05, 0) is 82.2 Å². The van der Waals surface area contributed by atoms with Crippen LogP contribution in [0.25, 0.3) is 11.0 Å². The Kier molecular flexibility index (Phi) is 7.32. The van der Waals surface area contributed by atoms with Crippen molar-refractivity contribution in [3.05, 3.63) is 47.3 Å². The fraction of sp³-hybridized carbons (Fsp3) is 0.500. The Bertz CT molecular complexity index is 1360. The molecule has 1 aliphatic carbocycles. The number of amides is 1. The zero-order valence-electron chi connectivity index (χ0n) is 23.0. The Morgan fingerprint density at radius 3 is 2.37 bits per heavy atom. The van der Waals surface area contributed by atoms with E-state index in [1.807, 2.05) is 24.3 Å². The van der Waals surface area contributed by atoms with Crippen molar-refractivity contribution in [3.8, 4) is 11.5 Å². The molecule has 0 spiro atoms. The van der Waals surface area contributed by atoms with Gasteiger partial charge in [-0.15, -0.1) is 0 Å². The maximum atomic E-state index is 12.7. The smallest absolute Gasteiger partial charge is 0.414 e. The molecule has 3 aromatic rings. The number of hydrogen-bond acceptors (Lipinski definition) is 6. The molecule has 1 aliphatic heterocycles. The van der Waals surface area contributed by atoms with Gasteiger partial charge in [0.1, 0.15) is 11.6 Å². The molecule has 2 heterocycles. The molecule has 1 atom stereocenters. The molecule has 0 N–H and O–H groups in total. The summed E-state index contributed by atoms with van der Waals surface area (Å²) in [5.41, 5.74) is 5.09. The van der Waals surface area contributed by atoms with Crippen LogP contribution in [0.2, 0.25) is 0 Å². The number of Topliss-reactive ketones (excluding diaryl/α,β-unsaturated/α-hetero) is 1. The van der Waals surface area contributed by atoms with Gasteiger partial charge in [-0.25, -0.2) is 9.78 Å². The van der Waals surface area contributed by atoms with Gasteiger partial charge < -0.3 is 18.8 Å². The van der Waals surface area contributed by atoms with E-state index < -0.39 is 0 Å². The number of benzene rings is 2. The average molecular weight is 520 g/mol. The summed E-state index contributed by atoms with van der Waals surface area (Å²) in [5.74, 6) is 2.80. The Morgan fingerprint density at radius 1 is 0.974 bits per heavy atom. The first-order chi connectivity index (χ1) is 18.4. The summed E-state index contributed by atoms with van der Waals surface area (Å²) in [6.07, 6.45) is 5.67. The standard InChI is InChI=1S/C30H37N3O5/c1-18-6-12-23-24(32(18)30(35)38-5)13-14-25-29(23)31-28(17-20-7-15-26(36-3)27(16-20)37-4)33(25)22-10-8-21(9-11-22)19(2)34/h7,13-16,18,21-22H,6,8-12,17H2,1-5H3/t18-,21?,22?/m0/s1. The van der Waals surface area contributed by atoms with Crippen LogP contribution < -0.4 is 14.4 Å². The molecule has 2 aliphatic rings. The first kappa shape index (κ1) is 26.1. The van der Waals surface area contributed by atoms with Gasteiger partial charge in [-0.1, -0.05) is 6.07 Å². The van der Waals surface area contributed by atoms with Gasteiger partial charge >= 0.3 is 6.09 Å². The predicted octanol–water partition coefficient (Wildman–Crippen LogP) is 5.87. The second-order valence-corrected chi connectivity index (χ2v) is 10.5. The molecule has 1 fully saturated rings. The van der Waals surface area contributed by atoms with Crippen LogP contribution in [-0.2, 0) is 22.4 Å². The third-order valence-corrected chi connectivity index (χ3v) is 8.35. The summed E-state index contributed by atoms with van der Waals surface area (Å²) in [6, 6.07) is 10.5. The van der Waals surface area contributed by atoms with Crippen LogP contribution in [0.1, 0.15) is 68.9 Å². The van der Waals surface area contributed by atoms with Gasteiger partial charge in [0.05, 0.1) is 38.1 Å². The highest BCUT2D eigenvalue weighted by Crippen LogP contribution is 2.41. The molecule has 8 heteroatoms. The number of carbonyl (C=O) groups excluding carboxylic acids is 2. The van der Waals surface area contributed by atoms with E-state index in [1.165, 1.54) is 7.11 Å². The van der Waals surface area contributed by atoms with E-state index in [1.54, 1.807) is 26.0 Å². The first-order valence-corrected chi connectivity index (χ1v) is 13.5. The average Bonchev–Trinajstić information content (AvgIpc) is 3.30. The van der Waals surface area contributed by atoms with E-state index in [0.717, 1.165) is 72.2 Å². The number of anilines is 1. The first-order valence-electron chi connectivity index (χ1n) is 13.5. The topological polar surface area (TPSA) is 82.9 Å². The molecule has 8 nitrogen and oxygen atoms in total.